The van der Waals surface area contributed by atoms with E-state index >= 15 is 0 Å². The zero-order valence-corrected chi connectivity index (χ0v) is 6.25. The van der Waals surface area contributed by atoms with Crippen molar-refractivity contribution in [3.05, 3.63) is 12.2 Å². The molecule has 1 rings (SSSR count). The Morgan fingerprint density at radius 3 is 2.70 bits per heavy atom. The van der Waals surface area contributed by atoms with Gasteiger partial charge < -0.3 is 10.5 Å². The molecule has 10 heavy (non-hydrogen) atoms. The summed E-state index contributed by atoms with van der Waals surface area (Å²) in [4.78, 5) is 0. The fourth-order valence-electron chi connectivity index (χ4n) is 0.893. The molecule has 0 bridgehead atoms. The van der Waals surface area contributed by atoms with Gasteiger partial charge in [-0.25, -0.2) is 0 Å². The van der Waals surface area contributed by atoms with Crippen LogP contribution in [0.5, 0.6) is 0 Å². The Hall–Kier alpha value is -0.340. The summed E-state index contributed by atoms with van der Waals surface area (Å²) in [6, 6.07) is 0. The van der Waals surface area contributed by atoms with Gasteiger partial charge in [0, 0.05) is 6.54 Å². The van der Waals surface area contributed by atoms with Crippen molar-refractivity contribution in [1.82, 2.24) is 0 Å². The lowest BCUT2D eigenvalue weighted by Crippen LogP contribution is -2.21. The SMILES string of the molecule is NC/C=C/COC1CCC1. The van der Waals surface area contributed by atoms with Crippen LogP contribution in [0, 0.1) is 0 Å². The summed E-state index contributed by atoms with van der Waals surface area (Å²) in [6.07, 6.45) is 8.29. The van der Waals surface area contributed by atoms with E-state index in [-0.39, 0.29) is 0 Å². The van der Waals surface area contributed by atoms with E-state index in [2.05, 4.69) is 0 Å². The molecule has 1 saturated carbocycles. The Morgan fingerprint density at radius 2 is 2.20 bits per heavy atom. The molecule has 0 unspecified atom stereocenters. The first-order valence-electron chi connectivity index (χ1n) is 3.90. The summed E-state index contributed by atoms with van der Waals surface area (Å²) in [5, 5.41) is 0. The maximum atomic E-state index is 5.44. The topological polar surface area (TPSA) is 35.2 Å². The van der Waals surface area contributed by atoms with Crippen molar-refractivity contribution in [2.24, 2.45) is 5.73 Å². The molecule has 0 aromatic heterocycles. The number of hydrogen-bond donors (Lipinski definition) is 1. The van der Waals surface area contributed by atoms with Crippen LogP contribution in [-0.4, -0.2) is 19.3 Å². The van der Waals surface area contributed by atoms with Crippen LogP contribution in [-0.2, 0) is 4.74 Å². The Labute approximate surface area is 62.1 Å². The summed E-state index contributed by atoms with van der Waals surface area (Å²) in [7, 11) is 0. The Kier molecular flexibility index (Phi) is 3.47. The van der Waals surface area contributed by atoms with E-state index in [0.717, 1.165) is 6.61 Å². The Bertz CT molecular complexity index is 108. The number of nitrogens with two attached hydrogens (primary N) is 1. The highest BCUT2D eigenvalue weighted by Crippen LogP contribution is 2.21. The number of ether oxygens (including phenoxy) is 1. The molecule has 1 aliphatic carbocycles. The predicted molar refractivity (Wildman–Crippen MR) is 41.8 cm³/mol. The second-order valence-corrected chi connectivity index (χ2v) is 2.59. The largest absolute Gasteiger partial charge is 0.374 e. The third-order valence-electron chi connectivity index (χ3n) is 1.78. The van der Waals surface area contributed by atoms with Gasteiger partial charge in [-0.1, -0.05) is 12.2 Å². The summed E-state index contributed by atoms with van der Waals surface area (Å²) in [6.45, 7) is 1.36. The van der Waals surface area contributed by atoms with Crippen LogP contribution in [0.15, 0.2) is 12.2 Å². The van der Waals surface area contributed by atoms with Gasteiger partial charge in [0.05, 0.1) is 12.7 Å². The van der Waals surface area contributed by atoms with Crippen molar-refractivity contribution in [2.45, 2.75) is 25.4 Å². The predicted octanol–water partition coefficient (Wildman–Crippen LogP) is 1.07. The van der Waals surface area contributed by atoms with E-state index in [1.165, 1.54) is 19.3 Å². The lowest BCUT2D eigenvalue weighted by molar-refractivity contribution is 0.0188. The van der Waals surface area contributed by atoms with Gasteiger partial charge in [-0.15, -0.1) is 0 Å². The maximum absolute atomic E-state index is 5.44. The zero-order chi connectivity index (χ0) is 7.23. The Morgan fingerprint density at radius 1 is 1.40 bits per heavy atom. The molecule has 2 N–H and O–H groups in total. The summed E-state index contributed by atoms with van der Waals surface area (Å²) >= 11 is 0. The van der Waals surface area contributed by atoms with Gasteiger partial charge in [-0.2, -0.15) is 0 Å². The molecule has 58 valence electrons. The van der Waals surface area contributed by atoms with Gasteiger partial charge in [0.15, 0.2) is 0 Å². The third-order valence-corrected chi connectivity index (χ3v) is 1.78. The van der Waals surface area contributed by atoms with Crippen molar-refractivity contribution in [2.75, 3.05) is 13.2 Å². The first-order valence-corrected chi connectivity index (χ1v) is 3.90. The van der Waals surface area contributed by atoms with Gasteiger partial charge >= 0.3 is 0 Å². The van der Waals surface area contributed by atoms with Crippen LogP contribution < -0.4 is 5.73 Å². The van der Waals surface area contributed by atoms with Crippen molar-refractivity contribution < 1.29 is 4.74 Å². The first-order chi connectivity index (χ1) is 4.93. The standard InChI is InChI=1S/C8H15NO/c9-6-1-2-7-10-8-4-3-5-8/h1-2,8H,3-7,9H2/b2-1+. The zero-order valence-electron chi connectivity index (χ0n) is 6.25. The molecule has 2 nitrogen and oxygen atoms in total. The molecule has 1 fully saturated rings. The summed E-state index contributed by atoms with van der Waals surface area (Å²) < 4.78 is 5.44. The molecule has 0 aromatic carbocycles. The van der Waals surface area contributed by atoms with Crippen LogP contribution in [0.4, 0.5) is 0 Å². The van der Waals surface area contributed by atoms with Crippen molar-refractivity contribution in [3.63, 3.8) is 0 Å². The van der Waals surface area contributed by atoms with Gasteiger partial charge in [-0.3, -0.25) is 0 Å². The van der Waals surface area contributed by atoms with E-state index in [9.17, 15) is 0 Å². The fourth-order valence-corrected chi connectivity index (χ4v) is 0.893. The number of rotatable bonds is 4. The average molecular weight is 141 g/mol. The smallest absolute Gasteiger partial charge is 0.0651 e. The second kappa shape index (κ2) is 4.47. The Balaban J connectivity index is 1.89. The minimum atomic E-state index is 0.544. The van der Waals surface area contributed by atoms with E-state index < -0.39 is 0 Å². The minimum Gasteiger partial charge on any atom is -0.374 e. The molecule has 0 aliphatic heterocycles. The molecule has 0 saturated heterocycles. The monoisotopic (exact) mass is 141 g/mol. The van der Waals surface area contributed by atoms with Crippen LogP contribution in [0.3, 0.4) is 0 Å². The molecule has 0 atom stereocenters. The fraction of sp³-hybridized carbons (Fsp3) is 0.750. The lowest BCUT2D eigenvalue weighted by Gasteiger charge is -2.24. The highest BCUT2D eigenvalue weighted by molar-refractivity contribution is 4.83. The van der Waals surface area contributed by atoms with E-state index in [4.69, 9.17) is 10.5 Å². The molecule has 1 aliphatic rings. The quantitative estimate of drug-likeness (QED) is 0.594. The maximum Gasteiger partial charge on any atom is 0.0651 e. The minimum absolute atomic E-state index is 0.544. The van der Waals surface area contributed by atoms with Crippen molar-refractivity contribution in [1.29, 1.82) is 0 Å². The van der Waals surface area contributed by atoms with Crippen LogP contribution >= 0.6 is 0 Å². The van der Waals surface area contributed by atoms with Crippen LogP contribution in [0.1, 0.15) is 19.3 Å². The molecule has 0 spiro atoms. The van der Waals surface area contributed by atoms with Gasteiger partial charge in [0.2, 0.25) is 0 Å². The molecule has 0 aromatic rings. The molecule has 0 amide bonds. The molecular weight excluding hydrogens is 126 g/mol. The van der Waals surface area contributed by atoms with E-state index in [1.54, 1.807) is 0 Å². The van der Waals surface area contributed by atoms with Gasteiger partial charge in [-0.05, 0) is 19.3 Å². The van der Waals surface area contributed by atoms with Crippen LogP contribution in [0.2, 0.25) is 0 Å². The average Bonchev–Trinajstić information content (AvgIpc) is 1.84. The highest BCUT2D eigenvalue weighted by atomic mass is 16.5. The first kappa shape index (κ1) is 7.76. The summed E-state index contributed by atoms with van der Waals surface area (Å²) in [5.41, 5.74) is 5.25. The second-order valence-electron chi connectivity index (χ2n) is 2.59. The van der Waals surface area contributed by atoms with Crippen molar-refractivity contribution in [3.8, 4) is 0 Å². The van der Waals surface area contributed by atoms with E-state index in [0.29, 0.717) is 12.6 Å². The number of hydrogen-bond acceptors (Lipinski definition) is 2. The lowest BCUT2D eigenvalue weighted by atomic mass is 9.96. The molecular formula is C8H15NO. The van der Waals surface area contributed by atoms with Crippen molar-refractivity contribution >= 4 is 0 Å². The third kappa shape index (κ3) is 2.50. The summed E-state index contributed by atoms with van der Waals surface area (Å²) in [5.74, 6) is 0. The highest BCUT2D eigenvalue weighted by Gasteiger charge is 2.16. The molecule has 2 heteroatoms. The normalized spacial score (nSPS) is 19.7. The molecule has 0 radical (unpaired) electrons. The van der Waals surface area contributed by atoms with Gasteiger partial charge in [0.25, 0.3) is 0 Å². The van der Waals surface area contributed by atoms with Gasteiger partial charge in [0.1, 0.15) is 0 Å². The van der Waals surface area contributed by atoms with Crippen LogP contribution in [0.25, 0.3) is 0 Å². The van der Waals surface area contributed by atoms with E-state index in [1.807, 2.05) is 12.2 Å². The molecule has 0 heterocycles.